The molecule has 6 nitrogen and oxygen atoms in total. The number of ether oxygens (including phenoxy) is 1. The topological polar surface area (TPSA) is 75.7 Å². The molecule has 3 aromatic carbocycles. The van der Waals surface area contributed by atoms with Gasteiger partial charge in [-0.15, -0.1) is 0 Å². The number of nitrogens with zero attached hydrogens (tertiary/aromatic N) is 1. The molecule has 0 saturated carbocycles. The van der Waals surface area contributed by atoms with Crippen LogP contribution in [0.1, 0.15) is 24.0 Å². The van der Waals surface area contributed by atoms with E-state index in [0.717, 1.165) is 30.0 Å². The van der Waals surface area contributed by atoms with Gasteiger partial charge in [-0.25, -0.2) is 8.42 Å². The lowest BCUT2D eigenvalue weighted by Gasteiger charge is -2.20. The van der Waals surface area contributed by atoms with Crippen molar-refractivity contribution < 1.29 is 17.9 Å². The summed E-state index contributed by atoms with van der Waals surface area (Å²) in [6, 6.07) is 14.5. The minimum absolute atomic E-state index is 0.0247. The zero-order valence-electron chi connectivity index (χ0n) is 16.6. The Hall–Kier alpha value is -3.06. The van der Waals surface area contributed by atoms with E-state index in [4.69, 9.17) is 4.74 Å². The van der Waals surface area contributed by atoms with Crippen molar-refractivity contribution in [2.45, 2.75) is 30.6 Å². The Morgan fingerprint density at radius 1 is 1.00 bits per heavy atom. The molecule has 5 rings (SSSR count). The number of hydrogen-bond donors (Lipinski definition) is 1. The highest BCUT2D eigenvalue weighted by molar-refractivity contribution is 7.92. The third kappa shape index (κ3) is 3.01. The SMILES string of the molecule is COc1ccc(S(=O)(=O)Nc2ccc3c4c(cccc24)CC3)cc1N1CCCC1=O. The number of carbonyl (C=O) groups is 1. The third-order valence-electron chi connectivity index (χ3n) is 5.95. The van der Waals surface area contributed by atoms with Gasteiger partial charge in [0.25, 0.3) is 10.0 Å². The van der Waals surface area contributed by atoms with E-state index in [2.05, 4.69) is 10.8 Å². The van der Waals surface area contributed by atoms with Gasteiger partial charge < -0.3 is 9.64 Å². The van der Waals surface area contributed by atoms with Crippen LogP contribution in [0.25, 0.3) is 10.8 Å². The van der Waals surface area contributed by atoms with Crippen LogP contribution < -0.4 is 14.4 Å². The van der Waals surface area contributed by atoms with Crippen LogP contribution in [-0.4, -0.2) is 28.0 Å². The lowest BCUT2D eigenvalue weighted by atomic mass is 10.0. The Morgan fingerprint density at radius 2 is 1.80 bits per heavy atom. The summed E-state index contributed by atoms with van der Waals surface area (Å²) in [7, 11) is -2.34. The van der Waals surface area contributed by atoms with E-state index >= 15 is 0 Å². The minimum Gasteiger partial charge on any atom is -0.495 e. The molecule has 0 spiro atoms. The fourth-order valence-corrected chi connectivity index (χ4v) is 5.59. The average Bonchev–Trinajstić information content (AvgIpc) is 3.36. The first-order chi connectivity index (χ1) is 14.5. The molecule has 30 heavy (non-hydrogen) atoms. The van der Waals surface area contributed by atoms with Crippen molar-refractivity contribution in [1.82, 2.24) is 0 Å². The van der Waals surface area contributed by atoms with Crippen molar-refractivity contribution >= 4 is 38.1 Å². The smallest absolute Gasteiger partial charge is 0.261 e. The van der Waals surface area contributed by atoms with Crippen LogP contribution in [0.15, 0.2) is 53.4 Å². The van der Waals surface area contributed by atoms with Crippen LogP contribution in [0.4, 0.5) is 11.4 Å². The predicted molar refractivity (Wildman–Crippen MR) is 117 cm³/mol. The number of nitrogens with one attached hydrogen (secondary N) is 1. The van der Waals surface area contributed by atoms with E-state index < -0.39 is 10.0 Å². The highest BCUT2D eigenvalue weighted by Crippen LogP contribution is 2.37. The van der Waals surface area contributed by atoms with E-state index in [1.54, 1.807) is 11.0 Å². The Labute approximate surface area is 175 Å². The number of carbonyl (C=O) groups excluding carboxylic acids is 1. The molecule has 0 unspecified atom stereocenters. The number of aryl methyl sites for hydroxylation is 2. The molecule has 1 aliphatic heterocycles. The first-order valence-electron chi connectivity index (χ1n) is 10.0. The van der Waals surface area contributed by atoms with Crippen LogP contribution in [-0.2, 0) is 27.7 Å². The number of rotatable bonds is 5. The summed E-state index contributed by atoms with van der Waals surface area (Å²) < 4.78 is 34.6. The minimum atomic E-state index is -3.85. The summed E-state index contributed by atoms with van der Waals surface area (Å²) in [6.07, 6.45) is 3.17. The van der Waals surface area contributed by atoms with Crippen LogP contribution in [0.5, 0.6) is 5.75 Å². The van der Waals surface area contributed by atoms with Gasteiger partial charge in [-0.1, -0.05) is 24.3 Å². The van der Waals surface area contributed by atoms with E-state index in [-0.39, 0.29) is 10.8 Å². The summed E-state index contributed by atoms with van der Waals surface area (Å²) in [5, 5.41) is 2.06. The molecule has 1 N–H and O–H groups in total. The summed E-state index contributed by atoms with van der Waals surface area (Å²) in [6.45, 7) is 0.557. The second-order valence-electron chi connectivity index (χ2n) is 7.70. The van der Waals surface area contributed by atoms with Crippen LogP contribution >= 0.6 is 0 Å². The van der Waals surface area contributed by atoms with Crippen LogP contribution in [0.2, 0.25) is 0 Å². The van der Waals surface area contributed by atoms with Crippen molar-refractivity contribution in [3.63, 3.8) is 0 Å². The van der Waals surface area contributed by atoms with Crippen molar-refractivity contribution in [3.8, 4) is 5.75 Å². The Bertz CT molecular complexity index is 1270. The van der Waals surface area contributed by atoms with Crippen molar-refractivity contribution in [2.24, 2.45) is 0 Å². The number of methoxy groups -OCH3 is 1. The fourth-order valence-electron chi connectivity index (χ4n) is 4.49. The van der Waals surface area contributed by atoms with Gasteiger partial charge in [-0.05, 0) is 60.0 Å². The molecule has 154 valence electrons. The quantitative estimate of drug-likeness (QED) is 0.677. The molecule has 7 heteroatoms. The third-order valence-corrected chi connectivity index (χ3v) is 7.31. The summed E-state index contributed by atoms with van der Waals surface area (Å²) in [4.78, 5) is 13.9. The normalized spacial score (nSPS) is 15.8. The van der Waals surface area contributed by atoms with Crippen molar-refractivity contribution in [2.75, 3.05) is 23.3 Å². The lowest BCUT2D eigenvalue weighted by molar-refractivity contribution is -0.117. The van der Waals surface area contributed by atoms with Crippen molar-refractivity contribution in [1.29, 1.82) is 0 Å². The molecule has 0 atom stereocenters. The molecule has 3 aromatic rings. The van der Waals surface area contributed by atoms with Gasteiger partial charge in [0.05, 0.1) is 23.4 Å². The van der Waals surface area contributed by atoms with Gasteiger partial charge in [-0.3, -0.25) is 9.52 Å². The second-order valence-corrected chi connectivity index (χ2v) is 9.38. The zero-order valence-corrected chi connectivity index (χ0v) is 17.5. The standard InChI is InChI=1S/C23H22N2O4S/c1-29-21-12-10-17(14-20(21)25-13-3-6-22(25)26)30(27,28)24-19-11-9-16-8-7-15-4-2-5-18(19)23(15)16/h2,4-5,9-12,14,24H,3,6-8,13H2,1H3. The Balaban J connectivity index is 1.55. The Morgan fingerprint density at radius 3 is 2.53 bits per heavy atom. The number of amides is 1. The first kappa shape index (κ1) is 18.9. The first-order valence-corrected chi connectivity index (χ1v) is 11.5. The maximum Gasteiger partial charge on any atom is 0.261 e. The molecular formula is C23H22N2O4S. The van der Waals surface area contributed by atoms with Gasteiger partial charge in [-0.2, -0.15) is 0 Å². The number of sulfonamides is 1. The van der Waals surface area contributed by atoms with Gasteiger partial charge in [0.2, 0.25) is 5.91 Å². The van der Waals surface area contributed by atoms with Crippen molar-refractivity contribution in [3.05, 3.63) is 59.7 Å². The lowest BCUT2D eigenvalue weighted by Crippen LogP contribution is -2.25. The highest BCUT2D eigenvalue weighted by atomic mass is 32.2. The van der Waals surface area contributed by atoms with E-state index in [1.807, 2.05) is 24.3 Å². The maximum absolute atomic E-state index is 13.2. The molecule has 1 aliphatic carbocycles. The molecule has 0 aromatic heterocycles. The monoisotopic (exact) mass is 422 g/mol. The molecule has 1 saturated heterocycles. The Kier molecular flexibility index (Phi) is 4.43. The number of anilines is 2. The summed E-state index contributed by atoms with van der Waals surface area (Å²) >= 11 is 0. The molecular weight excluding hydrogens is 400 g/mol. The molecule has 2 aliphatic rings. The summed E-state index contributed by atoms with van der Waals surface area (Å²) in [5.74, 6) is 0.456. The molecule has 0 radical (unpaired) electrons. The predicted octanol–water partition coefficient (Wildman–Crippen LogP) is 3.87. The van der Waals surface area contributed by atoms with Gasteiger partial charge in [0, 0.05) is 18.4 Å². The molecule has 1 fully saturated rings. The largest absolute Gasteiger partial charge is 0.495 e. The molecule has 1 amide bonds. The number of hydrogen-bond acceptors (Lipinski definition) is 4. The van der Waals surface area contributed by atoms with Gasteiger partial charge in [0.1, 0.15) is 5.75 Å². The highest BCUT2D eigenvalue weighted by Gasteiger charge is 2.27. The molecule has 1 heterocycles. The van der Waals surface area contributed by atoms with Gasteiger partial charge >= 0.3 is 0 Å². The van der Waals surface area contributed by atoms with Crippen LogP contribution in [0.3, 0.4) is 0 Å². The van der Waals surface area contributed by atoms with E-state index in [0.29, 0.717) is 30.1 Å². The van der Waals surface area contributed by atoms with Gasteiger partial charge in [0.15, 0.2) is 0 Å². The maximum atomic E-state index is 13.2. The van der Waals surface area contributed by atoms with Crippen LogP contribution in [0, 0.1) is 0 Å². The molecule has 0 bridgehead atoms. The summed E-state index contributed by atoms with van der Waals surface area (Å²) in [5.41, 5.74) is 3.56. The fraction of sp³-hybridized carbons (Fsp3) is 0.261. The number of benzene rings is 3. The second kappa shape index (κ2) is 7.02. The van der Waals surface area contributed by atoms with E-state index in [1.165, 1.54) is 30.4 Å². The zero-order chi connectivity index (χ0) is 20.9. The average molecular weight is 423 g/mol. The van der Waals surface area contributed by atoms with E-state index in [9.17, 15) is 13.2 Å².